The Labute approximate surface area is 132 Å². The van der Waals surface area contributed by atoms with Gasteiger partial charge in [-0.2, -0.15) is 19.7 Å². The summed E-state index contributed by atoms with van der Waals surface area (Å²) in [6.07, 6.45) is 5.25. The largest absolute Gasteiger partial charge is 0.352 e. The first kappa shape index (κ1) is 13.9. The van der Waals surface area contributed by atoms with Crippen LogP contribution < -0.4 is 10.5 Å². The van der Waals surface area contributed by atoms with Gasteiger partial charge in [-0.05, 0) is 25.8 Å². The second-order valence-electron chi connectivity index (χ2n) is 5.76. The summed E-state index contributed by atoms with van der Waals surface area (Å²) in [6, 6.07) is 5.42. The molecule has 1 aliphatic heterocycles. The molecule has 4 heterocycles. The standard InChI is InChI=1S/C15H17N7O/c1-11-8-13(22-15(19-11)16-10-18-22)20-7-3-4-12(20)9-21-14(23)5-2-6-17-21/h2,5-6,8,10,12H,3-4,7,9H2,1H3. The molecule has 1 fully saturated rings. The smallest absolute Gasteiger partial charge is 0.266 e. The average Bonchev–Trinajstić information content (AvgIpc) is 3.17. The van der Waals surface area contributed by atoms with Crippen molar-refractivity contribution < 1.29 is 0 Å². The van der Waals surface area contributed by atoms with Gasteiger partial charge in [0.1, 0.15) is 12.1 Å². The van der Waals surface area contributed by atoms with E-state index in [4.69, 9.17) is 0 Å². The van der Waals surface area contributed by atoms with Gasteiger partial charge in [-0.1, -0.05) is 0 Å². The van der Waals surface area contributed by atoms with Crippen LogP contribution in [0.3, 0.4) is 0 Å². The number of aromatic nitrogens is 6. The van der Waals surface area contributed by atoms with E-state index in [1.165, 1.54) is 11.0 Å². The van der Waals surface area contributed by atoms with Gasteiger partial charge in [-0.25, -0.2) is 9.67 Å². The number of fused-ring (bicyclic) bond motifs is 1. The van der Waals surface area contributed by atoms with Crippen molar-refractivity contribution in [2.24, 2.45) is 0 Å². The molecule has 0 amide bonds. The Kier molecular flexibility index (Phi) is 3.29. The first-order valence-corrected chi connectivity index (χ1v) is 7.68. The van der Waals surface area contributed by atoms with Crippen LogP contribution >= 0.6 is 0 Å². The van der Waals surface area contributed by atoms with Gasteiger partial charge in [0, 0.05) is 30.6 Å². The highest BCUT2D eigenvalue weighted by atomic mass is 16.1. The van der Waals surface area contributed by atoms with Gasteiger partial charge >= 0.3 is 0 Å². The van der Waals surface area contributed by atoms with E-state index in [9.17, 15) is 4.79 Å². The third-order valence-electron chi connectivity index (χ3n) is 4.20. The molecule has 8 nitrogen and oxygen atoms in total. The number of nitrogens with zero attached hydrogens (tertiary/aromatic N) is 7. The maximum atomic E-state index is 11.9. The van der Waals surface area contributed by atoms with E-state index >= 15 is 0 Å². The van der Waals surface area contributed by atoms with Gasteiger partial charge in [0.15, 0.2) is 0 Å². The van der Waals surface area contributed by atoms with Crippen LogP contribution in [0, 0.1) is 6.92 Å². The molecule has 0 aromatic carbocycles. The molecular weight excluding hydrogens is 294 g/mol. The molecule has 23 heavy (non-hydrogen) atoms. The minimum atomic E-state index is -0.0730. The summed E-state index contributed by atoms with van der Waals surface area (Å²) in [5.41, 5.74) is 0.831. The van der Waals surface area contributed by atoms with Crippen molar-refractivity contribution in [3.05, 3.63) is 46.8 Å². The van der Waals surface area contributed by atoms with Gasteiger partial charge in [-0.15, -0.1) is 0 Å². The Hall–Kier alpha value is -2.77. The van der Waals surface area contributed by atoms with Crippen molar-refractivity contribution >= 4 is 11.6 Å². The Morgan fingerprint density at radius 3 is 3.13 bits per heavy atom. The lowest BCUT2D eigenvalue weighted by molar-refractivity contribution is 0.485. The number of hydrogen-bond acceptors (Lipinski definition) is 6. The molecule has 0 aliphatic carbocycles. The van der Waals surface area contributed by atoms with Crippen molar-refractivity contribution in [3.8, 4) is 0 Å². The van der Waals surface area contributed by atoms with Crippen LogP contribution in [0.1, 0.15) is 18.5 Å². The van der Waals surface area contributed by atoms with E-state index in [2.05, 4.69) is 25.1 Å². The zero-order valence-electron chi connectivity index (χ0n) is 12.8. The predicted molar refractivity (Wildman–Crippen MR) is 84.4 cm³/mol. The summed E-state index contributed by atoms with van der Waals surface area (Å²) in [4.78, 5) is 22.8. The van der Waals surface area contributed by atoms with E-state index in [0.717, 1.165) is 30.9 Å². The van der Waals surface area contributed by atoms with Crippen molar-refractivity contribution in [1.82, 2.24) is 29.4 Å². The molecule has 3 aromatic heterocycles. The molecule has 0 bridgehead atoms. The average molecular weight is 311 g/mol. The third-order valence-corrected chi connectivity index (χ3v) is 4.20. The van der Waals surface area contributed by atoms with E-state index < -0.39 is 0 Å². The Morgan fingerprint density at radius 1 is 1.35 bits per heavy atom. The summed E-state index contributed by atoms with van der Waals surface area (Å²) in [5, 5.41) is 8.45. The summed E-state index contributed by atoms with van der Waals surface area (Å²) < 4.78 is 3.28. The van der Waals surface area contributed by atoms with Gasteiger partial charge < -0.3 is 4.90 Å². The highest BCUT2D eigenvalue weighted by molar-refractivity contribution is 5.48. The van der Waals surface area contributed by atoms with E-state index in [-0.39, 0.29) is 11.6 Å². The maximum Gasteiger partial charge on any atom is 0.266 e. The van der Waals surface area contributed by atoms with Gasteiger partial charge in [0.2, 0.25) is 0 Å². The molecule has 4 rings (SSSR count). The maximum absolute atomic E-state index is 11.9. The lowest BCUT2D eigenvalue weighted by Gasteiger charge is -2.27. The fraction of sp³-hybridized carbons (Fsp3) is 0.400. The Morgan fingerprint density at radius 2 is 2.26 bits per heavy atom. The fourth-order valence-corrected chi connectivity index (χ4v) is 3.17. The van der Waals surface area contributed by atoms with Crippen LogP contribution in [0.2, 0.25) is 0 Å². The molecule has 0 radical (unpaired) electrons. The fourth-order valence-electron chi connectivity index (χ4n) is 3.17. The second-order valence-corrected chi connectivity index (χ2v) is 5.76. The van der Waals surface area contributed by atoms with Crippen LogP contribution in [0.5, 0.6) is 0 Å². The van der Waals surface area contributed by atoms with E-state index in [1.807, 2.05) is 13.0 Å². The van der Waals surface area contributed by atoms with E-state index in [1.54, 1.807) is 22.8 Å². The molecule has 1 atom stereocenters. The number of aryl methyl sites for hydroxylation is 1. The molecule has 1 unspecified atom stereocenters. The minimum Gasteiger partial charge on any atom is -0.352 e. The molecule has 8 heteroatoms. The second kappa shape index (κ2) is 5.45. The Balaban J connectivity index is 1.71. The summed E-state index contributed by atoms with van der Waals surface area (Å²) in [7, 11) is 0. The molecule has 3 aromatic rings. The topological polar surface area (TPSA) is 81.2 Å². The van der Waals surface area contributed by atoms with Gasteiger partial charge in [0.05, 0.1) is 12.6 Å². The zero-order chi connectivity index (χ0) is 15.8. The van der Waals surface area contributed by atoms with Gasteiger partial charge in [-0.3, -0.25) is 4.79 Å². The van der Waals surface area contributed by atoms with Gasteiger partial charge in [0.25, 0.3) is 11.3 Å². The van der Waals surface area contributed by atoms with Crippen molar-refractivity contribution in [2.45, 2.75) is 32.4 Å². The normalized spacial score (nSPS) is 18.0. The SMILES string of the molecule is Cc1cc(N2CCCC2Cn2ncccc2=O)n2ncnc2n1. The summed E-state index contributed by atoms with van der Waals surface area (Å²) >= 11 is 0. The van der Waals surface area contributed by atoms with Crippen LogP contribution in [-0.4, -0.2) is 41.9 Å². The highest BCUT2D eigenvalue weighted by Crippen LogP contribution is 2.26. The first-order chi connectivity index (χ1) is 11.2. The van der Waals surface area contributed by atoms with E-state index in [0.29, 0.717) is 12.3 Å². The monoisotopic (exact) mass is 311 g/mol. The Bertz CT molecular complexity index is 900. The minimum absolute atomic E-state index is 0.0730. The third kappa shape index (κ3) is 2.45. The van der Waals surface area contributed by atoms with Crippen LogP contribution in [-0.2, 0) is 6.54 Å². The van der Waals surface area contributed by atoms with Crippen LogP contribution in [0.4, 0.5) is 5.82 Å². The predicted octanol–water partition coefficient (Wildman–Crippen LogP) is 0.658. The summed E-state index contributed by atoms with van der Waals surface area (Å²) in [6.45, 7) is 3.44. The van der Waals surface area contributed by atoms with Crippen LogP contribution in [0.15, 0.2) is 35.5 Å². The zero-order valence-corrected chi connectivity index (χ0v) is 12.8. The number of rotatable bonds is 3. The van der Waals surface area contributed by atoms with Crippen molar-refractivity contribution in [1.29, 1.82) is 0 Å². The lowest BCUT2D eigenvalue weighted by Crippen LogP contribution is -2.38. The number of anilines is 1. The highest BCUT2D eigenvalue weighted by Gasteiger charge is 2.28. The van der Waals surface area contributed by atoms with Crippen molar-refractivity contribution in [3.63, 3.8) is 0 Å². The molecule has 1 saturated heterocycles. The summed E-state index contributed by atoms with van der Waals surface area (Å²) in [5.74, 6) is 1.57. The first-order valence-electron chi connectivity index (χ1n) is 7.68. The quantitative estimate of drug-likeness (QED) is 0.707. The van der Waals surface area contributed by atoms with Crippen LogP contribution in [0.25, 0.3) is 5.78 Å². The molecule has 0 spiro atoms. The molecule has 1 aliphatic rings. The molecule has 0 N–H and O–H groups in total. The lowest BCUT2D eigenvalue weighted by atomic mass is 10.2. The molecule has 0 saturated carbocycles. The molecular formula is C15H17N7O. The number of hydrogen-bond donors (Lipinski definition) is 0. The van der Waals surface area contributed by atoms with Crippen molar-refractivity contribution in [2.75, 3.05) is 11.4 Å². The molecule has 118 valence electrons.